The first-order valence-corrected chi connectivity index (χ1v) is 7.46. The van der Waals surface area contributed by atoms with Crippen molar-refractivity contribution in [2.45, 2.75) is 13.3 Å². The van der Waals surface area contributed by atoms with Gasteiger partial charge in [0.05, 0.1) is 0 Å². The minimum absolute atomic E-state index is 0.154. The minimum atomic E-state index is -0.353. The van der Waals surface area contributed by atoms with Crippen LogP contribution in [0.2, 0.25) is 0 Å². The van der Waals surface area contributed by atoms with Crippen LogP contribution in [0.5, 0.6) is 0 Å². The van der Waals surface area contributed by atoms with E-state index in [9.17, 15) is 14.0 Å². The van der Waals surface area contributed by atoms with Gasteiger partial charge in [-0.1, -0.05) is 12.1 Å². The number of pyridine rings is 1. The monoisotopic (exact) mass is 327 g/mol. The Morgan fingerprint density at radius 2 is 1.96 bits per heavy atom. The molecule has 0 radical (unpaired) electrons. The predicted molar refractivity (Wildman–Crippen MR) is 90.5 cm³/mol. The average Bonchev–Trinajstić information content (AvgIpc) is 2.55. The molecule has 0 atom stereocenters. The third-order valence-corrected chi connectivity index (χ3v) is 3.24. The van der Waals surface area contributed by atoms with Crippen molar-refractivity contribution in [1.82, 2.24) is 10.3 Å². The van der Waals surface area contributed by atoms with Gasteiger partial charge in [-0.05, 0) is 42.3 Å². The second-order valence-corrected chi connectivity index (χ2v) is 5.16. The highest BCUT2D eigenvalue weighted by atomic mass is 19.1. The van der Waals surface area contributed by atoms with Gasteiger partial charge in [-0.25, -0.2) is 4.39 Å². The molecule has 2 amide bonds. The van der Waals surface area contributed by atoms with E-state index in [0.29, 0.717) is 16.8 Å². The first-order chi connectivity index (χ1) is 11.5. The van der Waals surface area contributed by atoms with Gasteiger partial charge in [-0.15, -0.1) is 0 Å². The fourth-order valence-corrected chi connectivity index (χ4v) is 2.02. The number of carbonyl (C=O) groups is 2. The Kier molecular flexibility index (Phi) is 6.19. The number of benzene rings is 1. The van der Waals surface area contributed by atoms with Gasteiger partial charge in [0.2, 0.25) is 11.8 Å². The Hall–Kier alpha value is -3.02. The number of nitrogens with one attached hydrogen (secondary N) is 2. The number of hydrogen-bond acceptors (Lipinski definition) is 3. The molecule has 1 aromatic heterocycles. The number of aromatic nitrogens is 1. The van der Waals surface area contributed by atoms with Crippen molar-refractivity contribution in [1.29, 1.82) is 0 Å². The average molecular weight is 327 g/mol. The molecule has 1 heterocycles. The van der Waals surface area contributed by atoms with E-state index in [1.807, 2.05) is 0 Å². The molecule has 2 N–H and O–H groups in total. The Bertz CT molecular complexity index is 745. The molecule has 2 aromatic rings. The fourth-order valence-electron chi connectivity index (χ4n) is 2.02. The Morgan fingerprint density at radius 3 is 2.67 bits per heavy atom. The number of halogens is 1. The van der Waals surface area contributed by atoms with Crippen molar-refractivity contribution in [3.8, 4) is 0 Å². The molecule has 0 saturated heterocycles. The molecule has 0 bridgehead atoms. The number of anilines is 1. The summed E-state index contributed by atoms with van der Waals surface area (Å²) in [6.45, 7) is 1.94. The molecule has 24 heavy (non-hydrogen) atoms. The van der Waals surface area contributed by atoms with E-state index in [4.69, 9.17) is 0 Å². The summed E-state index contributed by atoms with van der Waals surface area (Å²) in [6, 6.07) is 9.39. The van der Waals surface area contributed by atoms with Crippen LogP contribution in [-0.4, -0.2) is 23.3 Å². The third kappa shape index (κ3) is 5.64. The predicted octanol–water partition coefficient (Wildman–Crippen LogP) is 2.77. The second kappa shape index (κ2) is 8.57. The van der Waals surface area contributed by atoms with Crippen LogP contribution < -0.4 is 10.6 Å². The molecule has 2 rings (SSSR count). The molecule has 0 aliphatic heterocycles. The van der Waals surface area contributed by atoms with Gasteiger partial charge in [0, 0.05) is 37.1 Å². The van der Waals surface area contributed by atoms with Crippen molar-refractivity contribution in [2.75, 3.05) is 11.9 Å². The summed E-state index contributed by atoms with van der Waals surface area (Å²) in [5, 5.41) is 5.33. The smallest absolute Gasteiger partial charge is 0.244 e. The van der Waals surface area contributed by atoms with Crippen LogP contribution in [0.3, 0.4) is 0 Å². The number of allylic oxidation sites excluding steroid dienone is 1. The summed E-state index contributed by atoms with van der Waals surface area (Å²) >= 11 is 0. The standard InChI is InChI=1S/C18H18FN3O2/c1-13(14-3-2-4-15(19)12-14)11-18(24)21-10-7-17(23)22-16-5-8-20-9-6-16/h2-6,8-9,11-12H,7,10H2,1H3,(H,21,24)(H,20,22,23)/b13-11+. The van der Waals surface area contributed by atoms with Crippen molar-refractivity contribution >= 4 is 23.1 Å². The first kappa shape index (κ1) is 17.3. The molecule has 5 nitrogen and oxygen atoms in total. The topological polar surface area (TPSA) is 71.1 Å². The van der Waals surface area contributed by atoms with E-state index in [1.54, 1.807) is 43.6 Å². The third-order valence-electron chi connectivity index (χ3n) is 3.24. The fraction of sp³-hybridized carbons (Fsp3) is 0.167. The van der Waals surface area contributed by atoms with Crippen molar-refractivity contribution in [3.05, 3.63) is 66.2 Å². The summed E-state index contributed by atoms with van der Waals surface area (Å²) in [5.41, 5.74) is 1.94. The van der Waals surface area contributed by atoms with Crippen LogP contribution in [-0.2, 0) is 9.59 Å². The van der Waals surface area contributed by atoms with Crippen LogP contribution in [0.25, 0.3) is 5.57 Å². The van der Waals surface area contributed by atoms with Crippen LogP contribution >= 0.6 is 0 Å². The molecule has 0 aliphatic rings. The maximum Gasteiger partial charge on any atom is 0.244 e. The van der Waals surface area contributed by atoms with Crippen LogP contribution in [0.1, 0.15) is 18.9 Å². The van der Waals surface area contributed by atoms with Gasteiger partial charge in [0.25, 0.3) is 0 Å². The normalized spacial score (nSPS) is 11.0. The van der Waals surface area contributed by atoms with E-state index in [0.717, 1.165) is 0 Å². The summed E-state index contributed by atoms with van der Waals surface area (Å²) in [7, 11) is 0. The maximum atomic E-state index is 13.2. The molecule has 124 valence electrons. The lowest BCUT2D eigenvalue weighted by Gasteiger charge is -2.06. The Labute approximate surface area is 139 Å². The quantitative estimate of drug-likeness (QED) is 0.802. The van der Waals surface area contributed by atoms with Gasteiger partial charge < -0.3 is 10.6 Å². The van der Waals surface area contributed by atoms with E-state index in [-0.39, 0.29) is 30.6 Å². The Morgan fingerprint density at radius 1 is 1.21 bits per heavy atom. The first-order valence-electron chi connectivity index (χ1n) is 7.46. The zero-order chi connectivity index (χ0) is 17.4. The van der Waals surface area contributed by atoms with E-state index in [1.165, 1.54) is 18.2 Å². The molecule has 0 aliphatic carbocycles. The number of carbonyl (C=O) groups excluding carboxylic acids is 2. The number of nitrogens with zero attached hydrogens (tertiary/aromatic N) is 1. The highest BCUT2D eigenvalue weighted by molar-refractivity contribution is 5.95. The van der Waals surface area contributed by atoms with Gasteiger partial charge in [0.1, 0.15) is 5.82 Å². The SMILES string of the molecule is C/C(=C\C(=O)NCCC(=O)Nc1ccncc1)c1cccc(F)c1. The zero-order valence-electron chi connectivity index (χ0n) is 13.3. The van der Waals surface area contributed by atoms with Crippen molar-refractivity contribution in [3.63, 3.8) is 0 Å². The van der Waals surface area contributed by atoms with Gasteiger partial charge in [-0.3, -0.25) is 14.6 Å². The lowest BCUT2D eigenvalue weighted by molar-refractivity contribution is -0.117. The van der Waals surface area contributed by atoms with Crippen molar-refractivity contribution < 1.29 is 14.0 Å². The highest BCUT2D eigenvalue weighted by Crippen LogP contribution is 2.14. The summed E-state index contributed by atoms with van der Waals surface area (Å²) in [6.07, 6.45) is 4.70. The summed E-state index contributed by atoms with van der Waals surface area (Å²) in [4.78, 5) is 27.4. The molecular weight excluding hydrogens is 309 g/mol. The number of rotatable bonds is 6. The highest BCUT2D eigenvalue weighted by Gasteiger charge is 2.05. The minimum Gasteiger partial charge on any atom is -0.352 e. The van der Waals surface area contributed by atoms with Crippen LogP contribution in [0, 0.1) is 5.82 Å². The molecule has 0 unspecified atom stereocenters. The molecular formula is C18H18FN3O2. The number of hydrogen-bond donors (Lipinski definition) is 2. The van der Waals surface area contributed by atoms with Gasteiger partial charge >= 0.3 is 0 Å². The molecule has 0 fully saturated rings. The van der Waals surface area contributed by atoms with Gasteiger partial charge in [0.15, 0.2) is 0 Å². The van der Waals surface area contributed by atoms with Crippen LogP contribution in [0.4, 0.5) is 10.1 Å². The maximum absolute atomic E-state index is 13.2. The second-order valence-electron chi connectivity index (χ2n) is 5.16. The van der Waals surface area contributed by atoms with E-state index >= 15 is 0 Å². The Balaban J connectivity index is 1.78. The van der Waals surface area contributed by atoms with Gasteiger partial charge in [-0.2, -0.15) is 0 Å². The molecule has 1 aromatic carbocycles. The lowest BCUT2D eigenvalue weighted by atomic mass is 10.1. The summed E-state index contributed by atoms with van der Waals surface area (Å²) in [5.74, 6) is -0.880. The lowest BCUT2D eigenvalue weighted by Crippen LogP contribution is -2.26. The largest absolute Gasteiger partial charge is 0.352 e. The number of amides is 2. The van der Waals surface area contributed by atoms with Crippen LogP contribution in [0.15, 0.2) is 54.9 Å². The summed E-state index contributed by atoms with van der Waals surface area (Å²) < 4.78 is 13.2. The van der Waals surface area contributed by atoms with E-state index in [2.05, 4.69) is 15.6 Å². The van der Waals surface area contributed by atoms with E-state index < -0.39 is 0 Å². The molecule has 6 heteroatoms. The molecule has 0 saturated carbocycles. The van der Waals surface area contributed by atoms with Crippen molar-refractivity contribution in [2.24, 2.45) is 0 Å². The zero-order valence-corrected chi connectivity index (χ0v) is 13.3. The molecule has 0 spiro atoms.